The zero-order chi connectivity index (χ0) is 25.5. The lowest BCUT2D eigenvalue weighted by Gasteiger charge is -2.35. The Morgan fingerprint density at radius 3 is 1.89 bits per heavy atom. The van der Waals surface area contributed by atoms with E-state index in [2.05, 4.69) is 51.2 Å². The number of hydrogen-bond acceptors (Lipinski definition) is 2. The molecule has 1 saturated carbocycles. The molecule has 4 rings (SSSR count). The summed E-state index contributed by atoms with van der Waals surface area (Å²) in [5.41, 5.74) is 4.16. The first-order valence-electron chi connectivity index (χ1n) is 13.5. The number of urea groups is 1. The van der Waals surface area contributed by atoms with Gasteiger partial charge in [-0.2, -0.15) is 0 Å². The Balaban J connectivity index is 1.75. The minimum absolute atomic E-state index is 0.150. The summed E-state index contributed by atoms with van der Waals surface area (Å²) in [6, 6.07) is 26.1. The number of ether oxygens (including phenoxy) is 1. The molecule has 1 aliphatic rings. The van der Waals surface area contributed by atoms with Gasteiger partial charge in [0.15, 0.2) is 6.23 Å². The molecular formula is C32H40N2O2. The van der Waals surface area contributed by atoms with E-state index < -0.39 is 0 Å². The first kappa shape index (κ1) is 25.8. The topological polar surface area (TPSA) is 41.6 Å². The van der Waals surface area contributed by atoms with Crippen LogP contribution in [0.4, 0.5) is 16.2 Å². The minimum Gasteiger partial charge on any atom is -0.470 e. The van der Waals surface area contributed by atoms with E-state index in [0.717, 1.165) is 30.0 Å². The molecule has 190 valence electrons. The van der Waals surface area contributed by atoms with Crippen LogP contribution in [0.2, 0.25) is 0 Å². The van der Waals surface area contributed by atoms with E-state index in [4.69, 9.17) is 4.74 Å². The van der Waals surface area contributed by atoms with Gasteiger partial charge in [-0.3, -0.25) is 4.90 Å². The standard InChI is InChI=1S/C32H40N2O2/c1-23(2)28-21-14-22-29(24(3)4)30(28)34(26-17-10-6-11-18-26)32(35)33-31(25-15-8-5-9-16-25)36-27-19-12-7-13-20-27/h6-7,10-14,17-25,31H,5,8-9,15-16H2,1-4H3,(H,33,35). The monoisotopic (exact) mass is 484 g/mol. The SMILES string of the molecule is CC(C)c1cccc(C(C)C)c1N(C(=O)NC(Oc1ccccc1)C1CCCCC1)c1ccccc1. The molecule has 4 nitrogen and oxygen atoms in total. The molecule has 3 aromatic rings. The van der Waals surface area contributed by atoms with E-state index in [1.165, 1.54) is 30.4 Å². The third-order valence-electron chi connectivity index (χ3n) is 7.13. The van der Waals surface area contributed by atoms with Gasteiger partial charge in [0, 0.05) is 5.92 Å². The van der Waals surface area contributed by atoms with E-state index in [9.17, 15) is 4.79 Å². The lowest BCUT2D eigenvalue weighted by molar-refractivity contribution is 0.0864. The highest BCUT2D eigenvalue weighted by Gasteiger charge is 2.31. The van der Waals surface area contributed by atoms with Crippen molar-refractivity contribution in [2.75, 3.05) is 4.90 Å². The summed E-state index contributed by atoms with van der Waals surface area (Å²) in [5, 5.41) is 3.33. The van der Waals surface area contributed by atoms with Crippen LogP contribution in [0.15, 0.2) is 78.9 Å². The van der Waals surface area contributed by atoms with E-state index >= 15 is 0 Å². The number of carbonyl (C=O) groups excluding carboxylic acids is 1. The predicted molar refractivity (Wildman–Crippen MR) is 149 cm³/mol. The highest BCUT2D eigenvalue weighted by molar-refractivity contribution is 6.01. The van der Waals surface area contributed by atoms with Gasteiger partial charge in [-0.25, -0.2) is 4.79 Å². The summed E-state index contributed by atoms with van der Waals surface area (Å²) < 4.78 is 6.44. The lowest BCUT2D eigenvalue weighted by atomic mass is 9.88. The molecule has 1 unspecified atom stereocenters. The maximum atomic E-state index is 14.3. The summed E-state index contributed by atoms with van der Waals surface area (Å²) in [5.74, 6) is 1.61. The maximum Gasteiger partial charge on any atom is 0.329 e. The number of rotatable bonds is 8. The number of nitrogens with zero attached hydrogens (tertiary/aromatic N) is 1. The Bertz CT molecular complexity index is 1080. The van der Waals surface area contributed by atoms with Gasteiger partial charge < -0.3 is 10.1 Å². The third kappa shape index (κ3) is 6.10. The summed E-state index contributed by atoms with van der Waals surface area (Å²) >= 11 is 0. The Kier molecular flexibility index (Phi) is 8.69. The first-order valence-corrected chi connectivity index (χ1v) is 13.5. The molecule has 0 heterocycles. The van der Waals surface area contributed by atoms with Gasteiger partial charge >= 0.3 is 6.03 Å². The van der Waals surface area contributed by atoms with Gasteiger partial charge in [0.2, 0.25) is 0 Å². The molecule has 1 aliphatic carbocycles. The van der Waals surface area contributed by atoms with Crippen molar-refractivity contribution < 1.29 is 9.53 Å². The second-order valence-electron chi connectivity index (χ2n) is 10.5. The number of carbonyl (C=O) groups is 1. The zero-order valence-corrected chi connectivity index (χ0v) is 22.1. The first-order chi connectivity index (χ1) is 17.5. The molecule has 36 heavy (non-hydrogen) atoms. The highest BCUT2D eigenvalue weighted by Crippen LogP contribution is 2.39. The van der Waals surface area contributed by atoms with Crippen molar-refractivity contribution in [2.45, 2.75) is 77.9 Å². The van der Waals surface area contributed by atoms with Crippen LogP contribution in [0, 0.1) is 5.92 Å². The largest absolute Gasteiger partial charge is 0.470 e. The van der Waals surface area contributed by atoms with Crippen molar-refractivity contribution in [3.05, 3.63) is 90.0 Å². The quantitative estimate of drug-likeness (QED) is 0.325. The molecule has 0 spiro atoms. The summed E-state index contributed by atoms with van der Waals surface area (Å²) in [4.78, 5) is 16.1. The molecule has 4 heteroatoms. The van der Waals surface area contributed by atoms with Crippen LogP contribution in [-0.4, -0.2) is 12.3 Å². The van der Waals surface area contributed by atoms with Crippen molar-refractivity contribution in [3.8, 4) is 5.75 Å². The number of anilines is 2. The molecule has 0 radical (unpaired) electrons. The molecule has 0 saturated heterocycles. The van der Waals surface area contributed by atoms with Gasteiger partial charge in [-0.1, -0.05) is 102 Å². The Labute approximate surface area is 216 Å². The third-order valence-corrected chi connectivity index (χ3v) is 7.13. The number of para-hydroxylation sites is 3. The van der Waals surface area contributed by atoms with Crippen molar-refractivity contribution in [1.82, 2.24) is 5.32 Å². The Morgan fingerprint density at radius 2 is 1.33 bits per heavy atom. The van der Waals surface area contributed by atoms with Gasteiger partial charge in [0.05, 0.1) is 11.4 Å². The molecule has 0 bridgehead atoms. The van der Waals surface area contributed by atoms with Gasteiger partial charge in [0.25, 0.3) is 0 Å². The molecule has 2 amide bonds. The smallest absolute Gasteiger partial charge is 0.329 e. The van der Waals surface area contributed by atoms with Crippen LogP contribution in [0.25, 0.3) is 0 Å². The van der Waals surface area contributed by atoms with Crippen molar-refractivity contribution in [1.29, 1.82) is 0 Å². The molecular weight excluding hydrogens is 444 g/mol. The predicted octanol–water partition coefficient (Wildman–Crippen LogP) is 8.77. The Morgan fingerprint density at radius 1 is 0.778 bits per heavy atom. The van der Waals surface area contributed by atoms with Crippen LogP contribution in [-0.2, 0) is 0 Å². The number of nitrogens with one attached hydrogen (secondary N) is 1. The normalized spacial score (nSPS) is 15.1. The fourth-order valence-corrected chi connectivity index (χ4v) is 5.21. The van der Waals surface area contributed by atoms with Crippen LogP contribution >= 0.6 is 0 Å². The van der Waals surface area contributed by atoms with E-state index in [-0.39, 0.29) is 30.0 Å². The average Bonchev–Trinajstić information content (AvgIpc) is 2.90. The minimum atomic E-state index is -0.389. The van der Waals surface area contributed by atoms with Crippen LogP contribution in [0.5, 0.6) is 5.75 Å². The second kappa shape index (κ2) is 12.1. The molecule has 1 N–H and O–H groups in total. The number of hydrogen-bond donors (Lipinski definition) is 1. The highest BCUT2D eigenvalue weighted by atomic mass is 16.5. The summed E-state index contributed by atoms with van der Waals surface area (Å²) in [7, 11) is 0. The van der Waals surface area contributed by atoms with Crippen molar-refractivity contribution in [3.63, 3.8) is 0 Å². The molecule has 1 fully saturated rings. The van der Waals surface area contributed by atoms with Crippen LogP contribution < -0.4 is 15.0 Å². The van der Waals surface area contributed by atoms with Crippen molar-refractivity contribution in [2.24, 2.45) is 5.92 Å². The fraction of sp³-hybridized carbons (Fsp3) is 0.406. The number of benzene rings is 3. The summed E-state index contributed by atoms with van der Waals surface area (Å²) in [6.07, 6.45) is 5.32. The lowest BCUT2D eigenvalue weighted by Crippen LogP contribution is -2.49. The van der Waals surface area contributed by atoms with E-state index in [1.54, 1.807) is 0 Å². The number of amides is 2. The molecule has 3 aromatic carbocycles. The average molecular weight is 485 g/mol. The zero-order valence-electron chi connectivity index (χ0n) is 22.1. The van der Waals surface area contributed by atoms with Crippen LogP contribution in [0.3, 0.4) is 0 Å². The van der Waals surface area contributed by atoms with Crippen molar-refractivity contribution >= 4 is 17.4 Å². The Hall–Kier alpha value is -3.27. The van der Waals surface area contributed by atoms with Gasteiger partial charge in [-0.05, 0) is 60.1 Å². The van der Waals surface area contributed by atoms with E-state index in [0.29, 0.717) is 0 Å². The van der Waals surface area contributed by atoms with E-state index in [1.807, 2.05) is 65.6 Å². The molecule has 0 aliphatic heterocycles. The summed E-state index contributed by atoms with van der Waals surface area (Å²) in [6.45, 7) is 8.75. The second-order valence-corrected chi connectivity index (χ2v) is 10.5. The van der Waals surface area contributed by atoms with Gasteiger partial charge in [-0.15, -0.1) is 0 Å². The van der Waals surface area contributed by atoms with Crippen LogP contribution in [0.1, 0.15) is 82.8 Å². The molecule has 0 aromatic heterocycles. The molecule has 1 atom stereocenters. The maximum absolute atomic E-state index is 14.3. The van der Waals surface area contributed by atoms with Gasteiger partial charge in [0.1, 0.15) is 5.75 Å². The fourth-order valence-electron chi connectivity index (χ4n) is 5.21.